The summed E-state index contributed by atoms with van der Waals surface area (Å²) in [4.78, 5) is 10.5. The molecule has 2 rings (SSSR count). The molecule has 3 nitrogen and oxygen atoms in total. The Bertz CT molecular complexity index is 611. The molecule has 164 valence electrons. The second kappa shape index (κ2) is 11.6. The van der Waals surface area contributed by atoms with E-state index in [4.69, 9.17) is 4.74 Å². The summed E-state index contributed by atoms with van der Waals surface area (Å²) in [7, 11) is 0. The fraction of sp³-hybridized carbons (Fsp3) is 0.731. The Hall–Kier alpha value is -1.51. The Morgan fingerprint density at radius 2 is 1.48 bits per heavy atom. The van der Waals surface area contributed by atoms with Gasteiger partial charge in [0.25, 0.3) is 6.47 Å². The van der Waals surface area contributed by atoms with Crippen molar-refractivity contribution in [1.82, 2.24) is 0 Å². The molecule has 1 aromatic carbocycles. The molecular formula is C26H42O3. The van der Waals surface area contributed by atoms with E-state index < -0.39 is 0 Å². The van der Waals surface area contributed by atoms with E-state index in [1.54, 1.807) is 0 Å². The summed E-state index contributed by atoms with van der Waals surface area (Å²) < 4.78 is 5.20. The van der Waals surface area contributed by atoms with Gasteiger partial charge in [-0.25, -0.2) is 0 Å². The van der Waals surface area contributed by atoms with Gasteiger partial charge in [-0.1, -0.05) is 71.1 Å². The molecule has 0 unspecified atom stereocenters. The van der Waals surface area contributed by atoms with Crippen molar-refractivity contribution in [3.8, 4) is 5.75 Å². The predicted octanol–water partition coefficient (Wildman–Crippen LogP) is 7.13. The minimum atomic E-state index is -0.110. The van der Waals surface area contributed by atoms with Crippen LogP contribution in [0.2, 0.25) is 0 Å². The molecule has 0 atom stereocenters. The fourth-order valence-electron chi connectivity index (χ4n) is 4.16. The van der Waals surface area contributed by atoms with Crippen molar-refractivity contribution in [3.05, 3.63) is 29.3 Å². The number of carbonyl (C=O) groups is 1. The molecule has 0 spiro atoms. The number of hydrogen-bond donors (Lipinski definition) is 1. The number of unbranched alkanes of at least 4 members (excludes halogenated alkanes) is 6. The highest BCUT2D eigenvalue weighted by Gasteiger charge is 2.44. The van der Waals surface area contributed by atoms with Crippen molar-refractivity contribution >= 4 is 6.47 Å². The molecule has 0 saturated heterocycles. The summed E-state index contributed by atoms with van der Waals surface area (Å²) in [6.45, 7) is 7.53. The van der Waals surface area contributed by atoms with Gasteiger partial charge in [-0.15, -0.1) is 0 Å². The van der Waals surface area contributed by atoms with Crippen LogP contribution in [0, 0.1) is 5.41 Å². The van der Waals surface area contributed by atoms with Crippen LogP contribution < -0.4 is 0 Å². The Kier molecular flexibility index (Phi) is 9.52. The van der Waals surface area contributed by atoms with E-state index >= 15 is 0 Å². The first-order valence-electron chi connectivity index (χ1n) is 11.8. The monoisotopic (exact) mass is 402 g/mol. The van der Waals surface area contributed by atoms with Crippen LogP contribution in [0.3, 0.4) is 0 Å². The van der Waals surface area contributed by atoms with E-state index in [2.05, 4.69) is 39.0 Å². The van der Waals surface area contributed by atoms with Crippen LogP contribution in [0.1, 0.15) is 109 Å². The minimum Gasteiger partial charge on any atom is -0.507 e. The average Bonchev–Trinajstić information content (AvgIpc) is 3.42. The van der Waals surface area contributed by atoms with Crippen LogP contribution in [0.15, 0.2) is 18.2 Å². The predicted molar refractivity (Wildman–Crippen MR) is 120 cm³/mol. The summed E-state index contributed by atoms with van der Waals surface area (Å²) in [5, 5.41) is 10.6. The highest BCUT2D eigenvalue weighted by Crippen LogP contribution is 2.43. The van der Waals surface area contributed by atoms with Crippen LogP contribution >= 0.6 is 0 Å². The third-order valence-corrected chi connectivity index (χ3v) is 6.26. The van der Waals surface area contributed by atoms with Gasteiger partial charge in [-0.3, -0.25) is 4.79 Å². The van der Waals surface area contributed by atoms with Crippen molar-refractivity contribution in [2.45, 2.75) is 116 Å². The van der Waals surface area contributed by atoms with E-state index in [1.165, 1.54) is 32.1 Å². The normalized spacial score (nSPS) is 15.3. The van der Waals surface area contributed by atoms with Gasteiger partial charge in [0.15, 0.2) is 0 Å². The lowest BCUT2D eigenvalue weighted by Crippen LogP contribution is -2.12. The lowest BCUT2D eigenvalue weighted by atomic mass is 9.89. The van der Waals surface area contributed by atoms with Crippen LogP contribution in [0.25, 0.3) is 0 Å². The number of phenolic OH excluding ortho intramolecular Hbond substituents is 1. The van der Waals surface area contributed by atoms with Gasteiger partial charge in [0.2, 0.25) is 0 Å². The van der Waals surface area contributed by atoms with E-state index in [9.17, 15) is 9.90 Å². The van der Waals surface area contributed by atoms with E-state index in [0.717, 1.165) is 68.9 Å². The molecule has 29 heavy (non-hydrogen) atoms. The molecule has 1 N–H and O–H groups in total. The van der Waals surface area contributed by atoms with Gasteiger partial charge in [-0.05, 0) is 74.3 Å². The standard InChI is InChI=1S/C26H42O3/c1-25(2,3)17-10-6-4-8-13-22-15-12-16-23(24(22)28)14-9-5-7-11-18-26(19-20-26)29-21-27/h12,15-16,21,28H,4-11,13-14,17-20H2,1-3H3. The number of rotatable bonds is 15. The Morgan fingerprint density at radius 3 is 2.00 bits per heavy atom. The summed E-state index contributed by atoms with van der Waals surface area (Å²) in [5.41, 5.74) is 2.54. The second-order valence-corrected chi connectivity index (χ2v) is 10.2. The van der Waals surface area contributed by atoms with Crippen molar-refractivity contribution in [2.24, 2.45) is 5.41 Å². The quantitative estimate of drug-likeness (QED) is 0.251. The van der Waals surface area contributed by atoms with Crippen LogP contribution in [-0.2, 0) is 22.4 Å². The van der Waals surface area contributed by atoms with Crippen LogP contribution in [0.4, 0.5) is 0 Å². The first-order valence-corrected chi connectivity index (χ1v) is 11.8. The maximum atomic E-state index is 10.6. The third-order valence-electron chi connectivity index (χ3n) is 6.26. The molecule has 1 aromatic rings. The Balaban J connectivity index is 1.60. The van der Waals surface area contributed by atoms with Gasteiger partial charge < -0.3 is 9.84 Å². The SMILES string of the molecule is CC(C)(C)CCCCCCc1cccc(CCCCCCC2(OC=O)CC2)c1O. The molecule has 3 heteroatoms. The molecule has 1 fully saturated rings. The van der Waals surface area contributed by atoms with E-state index in [0.29, 0.717) is 17.6 Å². The van der Waals surface area contributed by atoms with Crippen LogP contribution in [0.5, 0.6) is 5.75 Å². The molecule has 0 radical (unpaired) electrons. The van der Waals surface area contributed by atoms with Crippen molar-refractivity contribution in [1.29, 1.82) is 0 Å². The zero-order valence-corrected chi connectivity index (χ0v) is 19.0. The molecule has 0 amide bonds. The Labute approximate surface area is 178 Å². The molecule has 0 bridgehead atoms. The summed E-state index contributed by atoms with van der Waals surface area (Å²) in [5.74, 6) is 0.526. The number of phenols is 1. The van der Waals surface area contributed by atoms with Crippen molar-refractivity contribution in [2.75, 3.05) is 0 Å². The average molecular weight is 403 g/mol. The maximum Gasteiger partial charge on any atom is 0.293 e. The van der Waals surface area contributed by atoms with Gasteiger partial charge in [0.1, 0.15) is 11.4 Å². The Morgan fingerprint density at radius 1 is 0.931 bits per heavy atom. The lowest BCUT2D eigenvalue weighted by molar-refractivity contribution is -0.135. The first-order chi connectivity index (χ1) is 13.9. The highest BCUT2D eigenvalue weighted by atomic mass is 16.5. The summed E-state index contributed by atoms with van der Waals surface area (Å²) >= 11 is 0. The number of aromatic hydroxyl groups is 1. The van der Waals surface area contributed by atoms with Gasteiger partial charge in [0.05, 0.1) is 0 Å². The van der Waals surface area contributed by atoms with Crippen molar-refractivity contribution in [3.63, 3.8) is 0 Å². The summed E-state index contributed by atoms with van der Waals surface area (Å²) in [6, 6.07) is 6.24. The molecule has 1 aliphatic carbocycles. The minimum absolute atomic E-state index is 0.110. The van der Waals surface area contributed by atoms with Gasteiger partial charge >= 0.3 is 0 Å². The molecule has 1 aliphatic rings. The molecular weight excluding hydrogens is 360 g/mol. The van der Waals surface area contributed by atoms with Gasteiger partial charge in [0, 0.05) is 0 Å². The number of para-hydroxylation sites is 1. The largest absolute Gasteiger partial charge is 0.507 e. The van der Waals surface area contributed by atoms with E-state index in [1.807, 2.05) is 0 Å². The molecule has 0 aromatic heterocycles. The third kappa shape index (κ3) is 9.23. The van der Waals surface area contributed by atoms with E-state index in [-0.39, 0.29) is 5.60 Å². The van der Waals surface area contributed by atoms with Gasteiger partial charge in [-0.2, -0.15) is 0 Å². The van der Waals surface area contributed by atoms with Crippen LogP contribution in [-0.4, -0.2) is 17.2 Å². The highest BCUT2D eigenvalue weighted by molar-refractivity contribution is 5.40. The molecule has 0 heterocycles. The number of benzene rings is 1. The second-order valence-electron chi connectivity index (χ2n) is 10.2. The summed E-state index contributed by atoms with van der Waals surface area (Å²) in [6.07, 6.45) is 15.8. The molecule has 1 saturated carbocycles. The molecule has 0 aliphatic heterocycles. The number of aryl methyl sites for hydroxylation is 2. The number of carbonyl (C=O) groups excluding carboxylic acids is 1. The number of hydrogen-bond acceptors (Lipinski definition) is 3. The zero-order valence-electron chi connectivity index (χ0n) is 19.0. The number of ether oxygens (including phenoxy) is 1. The lowest BCUT2D eigenvalue weighted by Gasteiger charge is -2.17. The first kappa shape index (κ1) is 23.8. The maximum absolute atomic E-state index is 10.6. The van der Waals surface area contributed by atoms with Crippen molar-refractivity contribution < 1.29 is 14.6 Å². The fourth-order valence-corrected chi connectivity index (χ4v) is 4.16. The smallest absolute Gasteiger partial charge is 0.293 e. The zero-order chi connectivity index (χ0) is 21.2. The topological polar surface area (TPSA) is 46.5 Å².